The predicted octanol–water partition coefficient (Wildman–Crippen LogP) is 4.43. The first-order valence-electron chi connectivity index (χ1n) is 9.24. The summed E-state index contributed by atoms with van der Waals surface area (Å²) in [4.78, 5) is 17.2. The van der Waals surface area contributed by atoms with Crippen LogP contribution in [0.4, 0.5) is 0 Å². The average Bonchev–Trinajstić information content (AvgIpc) is 3.07. The third kappa shape index (κ3) is 4.70. The fourth-order valence-electron chi connectivity index (χ4n) is 3.12. The number of hydrogen-bond donors (Lipinski definition) is 1. The molecule has 5 nitrogen and oxygen atoms in total. The van der Waals surface area contributed by atoms with E-state index in [2.05, 4.69) is 22.7 Å². The van der Waals surface area contributed by atoms with Crippen LogP contribution in [0.5, 0.6) is 0 Å². The molecule has 0 aliphatic rings. The first-order chi connectivity index (χ1) is 14.2. The Hall–Kier alpha value is -3.44. The van der Waals surface area contributed by atoms with Crippen molar-refractivity contribution in [3.63, 3.8) is 0 Å². The summed E-state index contributed by atoms with van der Waals surface area (Å²) in [7, 11) is 0. The molecule has 1 aromatic heterocycles. The Morgan fingerprint density at radius 1 is 1.00 bits per heavy atom. The smallest absolute Gasteiger partial charge is 0.260 e. The van der Waals surface area contributed by atoms with Crippen LogP contribution in [-0.4, -0.2) is 21.7 Å². The van der Waals surface area contributed by atoms with Gasteiger partial charge in [0.05, 0.1) is 17.2 Å². The maximum absolute atomic E-state index is 12.5. The van der Waals surface area contributed by atoms with Gasteiger partial charge >= 0.3 is 0 Å². The summed E-state index contributed by atoms with van der Waals surface area (Å²) in [5.41, 5.74) is 6.38. The van der Waals surface area contributed by atoms with Crippen LogP contribution in [0.15, 0.2) is 84.0 Å². The molecule has 1 amide bonds. The molecular formula is C23H19ClN4O. The van der Waals surface area contributed by atoms with Gasteiger partial charge in [-0.15, -0.1) is 0 Å². The van der Waals surface area contributed by atoms with Crippen LogP contribution < -0.4 is 5.43 Å². The second-order valence-corrected chi connectivity index (χ2v) is 7.05. The van der Waals surface area contributed by atoms with Crippen LogP contribution in [0.3, 0.4) is 0 Å². The second-order valence-electron chi connectivity index (χ2n) is 6.61. The third-order valence-corrected chi connectivity index (χ3v) is 4.77. The van der Waals surface area contributed by atoms with E-state index in [1.54, 1.807) is 18.3 Å². The van der Waals surface area contributed by atoms with Crippen LogP contribution >= 0.6 is 11.6 Å². The molecular weight excluding hydrogens is 384 g/mol. The fourth-order valence-corrected chi connectivity index (χ4v) is 3.25. The number of aromatic nitrogens is 2. The number of carbonyl (C=O) groups is 1. The Morgan fingerprint density at radius 3 is 2.52 bits per heavy atom. The number of nitrogens with one attached hydrogen (secondary N) is 1. The summed E-state index contributed by atoms with van der Waals surface area (Å²) in [6, 6.07) is 25.1. The Labute approximate surface area is 173 Å². The molecule has 0 aliphatic carbocycles. The molecule has 0 atom stereocenters. The van der Waals surface area contributed by atoms with Gasteiger partial charge in [0.2, 0.25) is 0 Å². The zero-order valence-electron chi connectivity index (χ0n) is 15.6. The number of hydrazone groups is 1. The van der Waals surface area contributed by atoms with Crippen molar-refractivity contribution in [3.8, 4) is 0 Å². The summed E-state index contributed by atoms with van der Waals surface area (Å²) >= 11 is 5.87. The SMILES string of the molecule is O=C(Cn1c(Cc2ccccc2)nc2ccccc21)N/N=C/c1ccc(Cl)cc1. The first kappa shape index (κ1) is 18.9. The van der Waals surface area contributed by atoms with Gasteiger partial charge < -0.3 is 4.57 Å². The van der Waals surface area contributed by atoms with E-state index in [1.165, 1.54) is 0 Å². The molecule has 144 valence electrons. The van der Waals surface area contributed by atoms with E-state index in [9.17, 15) is 4.79 Å². The van der Waals surface area contributed by atoms with Crippen LogP contribution in [0.25, 0.3) is 11.0 Å². The van der Waals surface area contributed by atoms with Crippen LogP contribution in [0, 0.1) is 0 Å². The number of fused-ring (bicyclic) bond motifs is 1. The molecule has 0 radical (unpaired) electrons. The van der Waals surface area contributed by atoms with E-state index in [1.807, 2.05) is 59.2 Å². The Bertz CT molecular complexity index is 1150. The Balaban J connectivity index is 1.52. The van der Waals surface area contributed by atoms with Gasteiger partial charge in [0.25, 0.3) is 5.91 Å². The number of imidazole rings is 1. The lowest BCUT2D eigenvalue weighted by molar-refractivity contribution is -0.121. The highest BCUT2D eigenvalue weighted by atomic mass is 35.5. The second kappa shape index (κ2) is 8.71. The summed E-state index contributed by atoms with van der Waals surface area (Å²) < 4.78 is 1.94. The van der Waals surface area contributed by atoms with Crippen LogP contribution in [0.2, 0.25) is 5.02 Å². The van der Waals surface area contributed by atoms with Crippen LogP contribution in [-0.2, 0) is 17.8 Å². The highest BCUT2D eigenvalue weighted by Crippen LogP contribution is 2.18. The number of para-hydroxylation sites is 2. The van der Waals surface area contributed by atoms with Gasteiger partial charge in [0.15, 0.2) is 0 Å². The van der Waals surface area contributed by atoms with Gasteiger partial charge in [-0.2, -0.15) is 5.10 Å². The van der Waals surface area contributed by atoms with Gasteiger partial charge in [0.1, 0.15) is 12.4 Å². The molecule has 1 heterocycles. The van der Waals surface area contributed by atoms with E-state index in [0.717, 1.165) is 28.0 Å². The first-order valence-corrected chi connectivity index (χ1v) is 9.62. The van der Waals surface area contributed by atoms with E-state index in [-0.39, 0.29) is 12.5 Å². The number of hydrogen-bond acceptors (Lipinski definition) is 3. The van der Waals surface area contributed by atoms with Crippen molar-refractivity contribution in [2.75, 3.05) is 0 Å². The highest BCUT2D eigenvalue weighted by Gasteiger charge is 2.13. The maximum atomic E-state index is 12.5. The van der Waals surface area contributed by atoms with Gasteiger partial charge in [0, 0.05) is 11.4 Å². The quantitative estimate of drug-likeness (QED) is 0.383. The molecule has 0 unspecified atom stereocenters. The summed E-state index contributed by atoms with van der Waals surface area (Å²) in [6.45, 7) is 0.140. The van der Waals surface area contributed by atoms with E-state index < -0.39 is 0 Å². The number of nitrogens with zero attached hydrogens (tertiary/aromatic N) is 3. The normalized spacial score (nSPS) is 11.2. The zero-order chi connectivity index (χ0) is 20.1. The molecule has 6 heteroatoms. The number of carbonyl (C=O) groups excluding carboxylic acids is 1. The predicted molar refractivity (Wildman–Crippen MR) is 116 cm³/mol. The lowest BCUT2D eigenvalue weighted by Gasteiger charge is -2.08. The molecule has 0 fully saturated rings. The van der Waals surface area contributed by atoms with E-state index in [0.29, 0.717) is 11.4 Å². The monoisotopic (exact) mass is 402 g/mol. The minimum absolute atomic E-state index is 0.140. The zero-order valence-corrected chi connectivity index (χ0v) is 16.4. The Morgan fingerprint density at radius 2 is 1.72 bits per heavy atom. The van der Waals surface area contributed by atoms with Crippen molar-refractivity contribution in [2.45, 2.75) is 13.0 Å². The van der Waals surface area contributed by atoms with Crippen molar-refractivity contribution in [3.05, 3.63) is 101 Å². The molecule has 0 aliphatic heterocycles. The lowest BCUT2D eigenvalue weighted by Crippen LogP contribution is -2.24. The molecule has 3 aromatic carbocycles. The summed E-state index contributed by atoms with van der Waals surface area (Å²) in [6.07, 6.45) is 2.24. The Kier molecular flexibility index (Phi) is 5.68. The fraction of sp³-hybridized carbons (Fsp3) is 0.0870. The summed E-state index contributed by atoms with van der Waals surface area (Å²) in [5.74, 6) is 0.627. The van der Waals surface area contributed by atoms with Gasteiger partial charge in [-0.1, -0.05) is 66.2 Å². The standard InChI is InChI=1S/C23H19ClN4O/c24-19-12-10-18(11-13-19)15-25-27-23(29)16-28-21-9-5-4-8-20(21)26-22(28)14-17-6-2-1-3-7-17/h1-13,15H,14,16H2,(H,27,29)/b25-15+. The molecule has 29 heavy (non-hydrogen) atoms. The van der Waals surface area contributed by atoms with Gasteiger partial charge in [-0.3, -0.25) is 4.79 Å². The van der Waals surface area contributed by atoms with Crippen molar-refractivity contribution >= 4 is 34.8 Å². The third-order valence-electron chi connectivity index (χ3n) is 4.51. The van der Waals surface area contributed by atoms with E-state index in [4.69, 9.17) is 16.6 Å². The number of amides is 1. The van der Waals surface area contributed by atoms with Crippen molar-refractivity contribution in [2.24, 2.45) is 5.10 Å². The van der Waals surface area contributed by atoms with Crippen molar-refractivity contribution < 1.29 is 4.79 Å². The summed E-state index contributed by atoms with van der Waals surface area (Å²) in [5, 5.41) is 4.70. The maximum Gasteiger partial charge on any atom is 0.260 e. The number of rotatable bonds is 6. The lowest BCUT2D eigenvalue weighted by atomic mass is 10.1. The van der Waals surface area contributed by atoms with Gasteiger partial charge in [-0.05, 0) is 35.4 Å². The molecule has 1 N–H and O–H groups in total. The van der Waals surface area contributed by atoms with Crippen molar-refractivity contribution in [1.82, 2.24) is 15.0 Å². The topological polar surface area (TPSA) is 59.3 Å². The molecule has 0 saturated carbocycles. The number of halogens is 1. The minimum Gasteiger partial charge on any atom is -0.318 e. The van der Waals surface area contributed by atoms with E-state index >= 15 is 0 Å². The van der Waals surface area contributed by atoms with Gasteiger partial charge in [-0.25, -0.2) is 10.4 Å². The molecule has 0 saturated heterocycles. The molecule has 4 rings (SSSR count). The molecule has 4 aromatic rings. The van der Waals surface area contributed by atoms with Crippen LogP contribution in [0.1, 0.15) is 17.0 Å². The highest BCUT2D eigenvalue weighted by molar-refractivity contribution is 6.30. The largest absolute Gasteiger partial charge is 0.318 e. The molecule has 0 bridgehead atoms. The number of benzene rings is 3. The average molecular weight is 403 g/mol. The molecule has 0 spiro atoms. The van der Waals surface area contributed by atoms with Crippen molar-refractivity contribution in [1.29, 1.82) is 0 Å². The minimum atomic E-state index is -0.215.